The van der Waals surface area contributed by atoms with E-state index in [9.17, 15) is 4.79 Å². The van der Waals surface area contributed by atoms with E-state index in [2.05, 4.69) is 40.8 Å². The molecular formula is C14H11BrN2OS. The van der Waals surface area contributed by atoms with Crippen molar-refractivity contribution >= 4 is 43.8 Å². The van der Waals surface area contributed by atoms with Gasteiger partial charge in [-0.2, -0.15) is 0 Å². The predicted molar refractivity (Wildman–Crippen MR) is 81.5 cm³/mol. The Morgan fingerprint density at radius 1 is 1.42 bits per heavy atom. The van der Waals surface area contributed by atoms with Crippen LogP contribution in [0.5, 0.6) is 0 Å². The molecule has 1 aromatic carbocycles. The number of carbonyl (C=O) groups is 1. The third-order valence-corrected chi connectivity index (χ3v) is 5.00. The molecule has 2 heterocycles. The number of aldehydes is 1. The molecule has 0 N–H and O–H groups in total. The zero-order valence-corrected chi connectivity index (χ0v) is 12.9. The second-order valence-electron chi connectivity index (χ2n) is 4.40. The first kappa shape index (κ1) is 12.6. The maximum absolute atomic E-state index is 11.0. The Labute approximate surface area is 123 Å². The third kappa shape index (κ3) is 1.93. The van der Waals surface area contributed by atoms with Crippen molar-refractivity contribution < 1.29 is 4.79 Å². The monoisotopic (exact) mass is 334 g/mol. The van der Waals surface area contributed by atoms with Crippen LogP contribution in [0.4, 0.5) is 0 Å². The van der Waals surface area contributed by atoms with Crippen molar-refractivity contribution in [2.45, 2.75) is 13.8 Å². The van der Waals surface area contributed by atoms with Crippen molar-refractivity contribution in [3.05, 3.63) is 45.7 Å². The first-order valence-corrected chi connectivity index (χ1v) is 7.42. The molecular weight excluding hydrogens is 324 g/mol. The third-order valence-electron chi connectivity index (χ3n) is 3.22. The number of nitrogens with zero attached hydrogens (tertiary/aromatic N) is 2. The molecule has 0 radical (unpaired) electrons. The fourth-order valence-corrected chi connectivity index (χ4v) is 3.95. The molecule has 0 bridgehead atoms. The highest BCUT2D eigenvalue weighted by molar-refractivity contribution is 9.10. The number of thiazole rings is 1. The summed E-state index contributed by atoms with van der Waals surface area (Å²) in [6, 6.07) is 5.71. The zero-order chi connectivity index (χ0) is 13.6. The molecule has 0 aliphatic rings. The normalized spacial score (nSPS) is 11.1. The van der Waals surface area contributed by atoms with Crippen LogP contribution in [0.3, 0.4) is 0 Å². The van der Waals surface area contributed by atoms with Crippen LogP contribution < -0.4 is 0 Å². The number of hydrogen-bond donors (Lipinski definition) is 0. The number of halogens is 1. The van der Waals surface area contributed by atoms with Gasteiger partial charge in [0.05, 0.1) is 15.9 Å². The molecule has 2 aromatic heterocycles. The van der Waals surface area contributed by atoms with Gasteiger partial charge < -0.3 is 0 Å². The average Bonchev–Trinajstić information content (AvgIpc) is 3.01. The van der Waals surface area contributed by atoms with Crippen LogP contribution in [-0.4, -0.2) is 15.8 Å². The number of benzene rings is 1. The predicted octanol–water partition coefficient (Wildman–Crippen LogP) is 4.28. The Morgan fingerprint density at radius 2 is 2.21 bits per heavy atom. The lowest BCUT2D eigenvalue weighted by Crippen LogP contribution is -1.95. The van der Waals surface area contributed by atoms with Gasteiger partial charge in [0, 0.05) is 10.7 Å². The maximum Gasteiger partial charge on any atom is 0.195 e. The van der Waals surface area contributed by atoms with Gasteiger partial charge in [-0.1, -0.05) is 11.3 Å². The summed E-state index contributed by atoms with van der Waals surface area (Å²) >= 11 is 5.16. The van der Waals surface area contributed by atoms with Crippen LogP contribution in [0.1, 0.15) is 21.6 Å². The minimum atomic E-state index is 0.615. The molecule has 0 unspecified atom stereocenters. The summed E-state index contributed by atoms with van der Waals surface area (Å²) in [5.41, 5.74) is 4.04. The smallest absolute Gasteiger partial charge is 0.195 e. The summed E-state index contributed by atoms with van der Waals surface area (Å²) in [6.07, 6.45) is 2.71. The number of rotatable bonds is 2. The van der Waals surface area contributed by atoms with E-state index >= 15 is 0 Å². The van der Waals surface area contributed by atoms with Gasteiger partial charge in [0.15, 0.2) is 11.4 Å². The van der Waals surface area contributed by atoms with Crippen molar-refractivity contribution in [3.8, 4) is 5.13 Å². The standard InChI is InChI=1S/C14H11BrN2OS/c1-8-6-11(15)12-13(9(8)2)19-14(16-12)17-5-3-4-10(17)7-18/h3-7H,1-2H3. The van der Waals surface area contributed by atoms with E-state index in [0.717, 1.165) is 26.1 Å². The molecule has 96 valence electrons. The molecule has 3 nitrogen and oxygen atoms in total. The van der Waals surface area contributed by atoms with Crippen LogP contribution in [0, 0.1) is 13.8 Å². The van der Waals surface area contributed by atoms with E-state index < -0.39 is 0 Å². The van der Waals surface area contributed by atoms with Crippen molar-refractivity contribution in [1.82, 2.24) is 9.55 Å². The zero-order valence-electron chi connectivity index (χ0n) is 10.5. The summed E-state index contributed by atoms with van der Waals surface area (Å²) in [5, 5.41) is 0.816. The van der Waals surface area contributed by atoms with Gasteiger partial charge in [0.25, 0.3) is 0 Å². The number of aryl methyl sites for hydroxylation is 2. The van der Waals surface area contributed by atoms with Gasteiger partial charge >= 0.3 is 0 Å². The highest BCUT2D eigenvalue weighted by Gasteiger charge is 2.13. The number of carbonyl (C=O) groups excluding carboxylic acids is 1. The van der Waals surface area contributed by atoms with Crippen LogP contribution in [-0.2, 0) is 0 Å². The number of fused-ring (bicyclic) bond motifs is 1. The summed E-state index contributed by atoms with van der Waals surface area (Å²) in [6.45, 7) is 4.19. The molecule has 0 spiro atoms. The van der Waals surface area contributed by atoms with Crippen molar-refractivity contribution in [1.29, 1.82) is 0 Å². The highest BCUT2D eigenvalue weighted by Crippen LogP contribution is 2.34. The van der Waals surface area contributed by atoms with E-state index in [4.69, 9.17) is 0 Å². The van der Waals surface area contributed by atoms with E-state index in [1.165, 1.54) is 11.1 Å². The fraction of sp³-hybridized carbons (Fsp3) is 0.143. The molecule has 0 fully saturated rings. The highest BCUT2D eigenvalue weighted by atomic mass is 79.9. The van der Waals surface area contributed by atoms with E-state index in [0.29, 0.717) is 5.69 Å². The van der Waals surface area contributed by atoms with Crippen molar-refractivity contribution in [3.63, 3.8) is 0 Å². The largest absolute Gasteiger partial charge is 0.296 e. The van der Waals surface area contributed by atoms with Crippen LogP contribution in [0.15, 0.2) is 28.9 Å². The molecule has 19 heavy (non-hydrogen) atoms. The van der Waals surface area contributed by atoms with E-state index in [-0.39, 0.29) is 0 Å². The molecule has 5 heteroatoms. The topological polar surface area (TPSA) is 34.9 Å². The summed E-state index contributed by atoms with van der Waals surface area (Å²) in [5.74, 6) is 0. The Balaban J connectivity index is 2.31. The SMILES string of the molecule is Cc1cc(Br)c2nc(-n3cccc3C=O)sc2c1C. The van der Waals surface area contributed by atoms with Crippen LogP contribution in [0.25, 0.3) is 15.3 Å². The first-order valence-electron chi connectivity index (χ1n) is 5.81. The lowest BCUT2D eigenvalue weighted by Gasteiger charge is -2.01. The Morgan fingerprint density at radius 3 is 2.95 bits per heavy atom. The van der Waals surface area contributed by atoms with Gasteiger partial charge in [-0.15, -0.1) is 0 Å². The fourth-order valence-electron chi connectivity index (χ4n) is 2.04. The van der Waals surface area contributed by atoms with Gasteiger partial charge in [0.1, 0.15) is 0 Å². The van der Waals surface area contributed by atoms with E-state index in [1.807, 2.05) is 16.8 Å². The first-order chi connectivity index (χ1) is 9.11. The average molecular weight is 335 g/mol. The lowest BCUT2D eigenvalue weighted by molar-refractivity contribution is 0.111. The minimum Gasteiger partial charge on any atom is -0.296 e. The molecule has 0 saturated carbocycles. The van der Waals surface area contributed by atoms with Crippen LogP contribution in [0.2, 0.25) is 0 Å². The minimum absolute atomic E-state index is 0.615. The molecule has 0 atom stereocenters. The Bertz CT molecular complexity index is 788. The Kier molecular flexibility index (Phi) is 3.03. The summed E-state index contributed by atoms with van der Waals surface area (Å²) < 4.78 is 3.97. The maximum atomic E-state index is 11.0. The molecule has 0 amide bonds. The number of aromatic nitrogens is 2. The van der Waals surface area contributed by atoms with E-state index in [1.54, 1.807) is 17.4 Å². The quantitative estimate of drug-likeness (QED) is 0.655. The van der Waals surface area contributed by atoms with Gasteiger partial charge in [-0.3, -0.25) is 9.36 Å². The molecule has 0 aliphatic heterocycles. The second-order valence-corrected chi connectivity index (χ2v) is 6.23. The van der Waals surface area contributed by atoms with Gasteiger partial charge in [-0.25, -0.2) is 4.98 Å². The van der Waals surface area contributed by atoms with Gasteiger partial charge in [-0.05, 0) is 59.1 Å². The number of hydrogen-bond acceptors (Lipinski definition) is 3. The Hall–Kier alpha value is -1.46. The van der Waals surface area contributed by atoms with Crippen molar-refractivity contribution in [2.75, 3.05) is 0 Å². The van der Waals surface area contributed by atoms with Gasteiger partial charge in [0.2, 0.25) is 0 Å². The molecule has 0 saturated heterocycles. The summed E-state index contributed by atoms with van der Waals surface area (Å²) in [7, 11) is 0. The molecule has 3 aromatic rings. The van der Waals surface area contributed by atoms with Crippen molar-refractivity contribution in [2.24, 2.45) is 0 Å². The molecule has 0 aliphatic carbocycles. The lowest BCUT2D eigenvalue weighted by atomic mass is 10.1. The molecule has 3 rings (SSSR count). The second kappa shape index (κ2) is 4.58. The van der Waals surface area contributed by atoms with Crippen LogP contribution >= 0.6 is 27.3 Å². The summed E-state index contributed by atoms with van der Waals surface area (Å²) in [4.78, 5) is 15.7.